The summed E-state index contributed by atoms with van der Waals surface area (Å²) in [7, 11) is 1.85. The molecule has 2 nitrogen and oxygen atoms in total. The van der Waals surface area contributed by atoms with Crippen molar-refractivity contribution in [1.29, 1.82) is 0 Å². The van der Waals surface area contributed by atoms with E-state index in [9.17, 15) is 0 Å². The molecule has 2 unspecified atom stereocenters. The molecule has 2 rings (SSSR count). The van der Waals surface area contributed by atoms with Gasteiger partial charge in [0, 0.05) is 18.4 Å². The quantitative estimate of drug-likeness (QED) is 0.725. The van der Waals surface area contributed by atoms with E-state index in [0.717, 1.165) is 0 Å². The maximum absolute atomic E-state index is 5.64. The van der Waals surface area contributed by atoms with Crippen molar-refractivity contribution in [3.8, 4) is 0 Å². The van der Waals surface area contributed by atoms with E-state index in [1.807, 2.05) is 7.11 Å². The lowest BCUT2D eigenvalue weighted by atomic mass is 9.90. The van der Waals surface area contributed by atoms with Gasteiger partial charge in [-0.2, -0.15) is 0 Å². The Hall–Kier alpha value is 0.270. The van der Waals surface area contributed by atoms with Gasteiger partial charge < -0.3 is 4.74 Å². The first-order valence-corrected chi connectivity index (χ1v) is 6.53. The lowest BCUT2D eigenvalue weighted by Gasteiger charge is -2.41. The monoisotopic (exact) mass is 215 g/mol. The maximum Gasteiger partial charge on any atom is 0.0914 e. The normalized spacial score (nSPS) is 41.8. The summed E-state index contributed by atoms with van der Waals surface area (Å²) in [4.78, 5) is 0.219. The van der Waals surface area contributed by atoms with Crippen molar-refractivity contribution in [3.63, 3.8) is 0 Å². The molecule has 0 radical (unpaired) electrons. The molecule has 1 aliphatic heterocycles. The summed E-state index contributed by atoms with van der Waals surface area (Å²) in [5, 5.41) is 3.78. The zero-order valence-corrected chi connectivity index (χ0v) is 10.2. The van der Waals surface area contributed by atoms with E-state index in [-0.39, 0.29) is 10.4 Å². The van der Waals surface area contributed by atoms with Gasteiger partial charge in [0.15, 0.2) is 0 Å². The van der Waals surface area contributed by atoms with Crippen molar-refractivity contribution in [1.82, 2.24) is 5.32 Å². The van der Waals surface area contributed by atoms with Crippen LogP contribution in [0.25, 0.3) is 0 Å². The van der Waals surface area contributed by atoms with E-state index >= 15 is 0 Å². The first kappa shape index (κ1) is 10.8. The summed E-state index contributed by atoms with van der Waals surface area (Å²) in [6, 6.07) is 0. The Balaban J connectivity index is 2.13. The number of thioether (sulfide) groups is 1. The second kappa shape index (κ2) is 3.69. The lowest BCUT2D eigenvalue weighted by Crippen LogP contribution is -2.55. The SMILES string of the molecule is COC1CCCCC12NC(C)(C)CS2. The van der Waals surface area contributed by atoms with Crippen LogP contribution < -0.4 is 5.32 Å². The minimum absolute atomic E-state index is 0.219. The summed E-state index contributed by atoms with van der Waals surface area (Å²) in [6.45, 7) is 4.58. The number of hydrogen-bond acceptors (Lipinski definition) is 3. The Morgan fingerprint density at radius 1 is 1.36 bits per heavy atom. The third-order valence-electron chi connectivity index (χ3n) is 3.31. The van der Waals surface area contributed by atoms with Gasteiger partial charge in [0.2, 0.25) is 0 Å². The zero-order chi connectivity index (χ0) is 10.2. The molecule has 1 saturated carbocycles. The Morgan fingerprint density at radius 2 is 2.14 bits per heavy atom. The molecule has 82 valence electrons. The van der Waals surface area contributed by atoms with Gasteiger partial charge in [-0.05, 0) is 26.7 Å². The Morgan fingerprint density at radius 3 is 2.71 bits per heavy atom. The van der Waals surface area contributed by atoms with Crippen LogP contribution in [-0.2, 0) is 4.74 Å². The molecule has 0 amide bonds. The van der Waals surface area contributed by atoms with Gasteiger partial charge in [0.25, 0.3) is 0 Å². The molecule has 1 aliphatic carbocycles. The molecular weight excluding hydrogens is 194 g/mol. The van der Waals surface area contributed by atoms with Crippen LogP contribution in [0.2, 0.25) is 0 Å². The van der Waals surface area contributed by atoms with E-state index in [1.165, 1.54) is 31.4 Å². The van der Waals surface area contributed by atoms with Gasteiger partial charge in [0.1, 0.15) is 0 Å². The molecule has 1 heterocycles. The van der Waals surface area contributed by atoms with E-state index in [2.05, 4.69) is 30.9 Å². The predicted molar refractivity (Wildman–Crippen MR) is 61.7 cm³/mol. The van der Waals surface area contributed by atoms with Crippen molar-refractivity contribution in [2.45, 2.75) is 56.0 Å². The van der Waals surface area contributed by atoms with Crippen LogP contribution in [0.5, 0.6) is 0 Å². The van der Waals surface area contributed by atoms with Gasteiger partial charge in [-0.15, -0.1) is 11.8 Å². The Kier molecular flexibility index (Phi) is 2.84. The first-order chi connectivity index (χ1) is 6.58. The minimum Gasteiger partial charge on any atom is -0.379 e. The van der Waals surface area contributed by atoms with Crippen molar-refractivity contribution in [3.05, 3.63) is 0 Å². The number of methoxy groups -OCH3 is 1. The van der Waals surface area contributed by atoms with Gasteiger partial charge in [0.05, 0.1) is 11.0 Å². The third-order valence-corrected chi connectivity index (χ3v) is 5.26. The lowest BCUT2D eigenvalue weighted by molar-refractivity contribution is 0.0237. The smallest absolute Gasteiger partial charge is 0.0914 e. The van der Waals surface area contributed by atoms with Crippen LogP contribution >= 0.6 is 11.8 Å². The molecule has 0 aromatic heterocycles. The number of ether oxygens (including phenoxy) is 1. The number of nitrogens with one attached hydrogen (secondary N) is 1. The number of rotatable bonds is 1. The van der Waals surface area contributed by atoms with Crippen LogP contribution in [0.15, 0.2) is 0 Å². The van der Waals surface area contributed by atoms with Gasteiger partial charge in [-0.25, -0.2) is 0 Å². The molecule has 1 saturated heterocycles. The van der Waals surface area contributed by atoms with Gasteiger partial charge >= 0.3 is 0 Å². The van der Waals surface area contributed by atoms with Crippen LogP contribution in [-0.4, -0.2) is 29.4 Å². The largest absolute Gasteiger partial charge is 0.379 e. The average Bonchev–Trinajstić information content (AvgIpc) is 2.44. The topological polar surface area (TPSA) is 21.3 Å². The van der Waals surface area contributed by atoms with Crippen molar-refractivity contribution < 1.29 is 4.74 Å². The highest BCUT2D eigenvalue weighted by molar-refractivity contribution is 8.01. The van der Waals surface area contributed by atoms with E-state index < -0.39 is 0 Å². The van der Waals surface area contributed by atoms with Gasteiger partial charge in [-0.1, -0.05) is 12.8 Å². The summed E-state index contributed by atoms with van der Waals surface area (Å²) in [6.07, 6.45) is 5.55. The molecular formula is C11H21NOS. The minimum atomic E-state index is 0.219. The maximum atomic E-state index is 5.64. The standard InChI is InChI=1S/C11H21NOS/c1-10(2)8-14-11(12-10)7-5-4-6-9(11)13-3/h9,12H,4-8H2,1-3H3. The molecule has 14 heavy (non-hydrogen) atoms. The summed E-state index contributed by atoms with van der Waals surface area (Å²) in [5.74, 6) is 1.20. The van der Waals surface area contributed by atoms with Gasteiger partial charge in [-0.3, -0.25) is 5.32 Å². The second-order valence-corrected chi connectivity index (χ2v) is 6.46. The highest BCUT2D eigenvalue weighted by Gasteiger charge is 2.49. The first-order valence-electron chi connectivity index (χ1n) is 5.54. The fraction of sp³-hybridized carbons (Fsp3) is 1.00. The molecule has 2 aliphatic rings. The van der Waals surface area contributed by atoms with Crippen LogP contribution in [0.3, 0.4) is 0 Å². The number of hydrogen-bond donors (Lipinski definition) is 1. The fourth-order valence-electron chi connectivity index (χ4n) is 2.68. The molecule has 2 atom stereocenters. The zero-order valence-electron chi connectivity index (χ0n) is 9.43. The molecule has 1 N–H and O–H groups in total. The molecule has 1 spiro atoms. The predicted octanol–water partition coefficient (Wildman–Crippen LogP) is 2.39. The summed E-state index contributed by atoms with van der Waals surface area (Å²) >= 11 is 2.07. The summed E-state index contributed by atoms with van der Waals surface area (Å²) < 4.78 is 5.64. The van der Waals surface area contributed by atoms with E-state index in [4.69, 9.17) is 4.74 Å². The summed E-state index contributed by atoms with van der Waals surface area (Å²) in [5.41, 5.74) is 0.277. The molecule has 3 heteroatoms. The Bertz CT molecular complexity index is 219. The van der Waals surface area contributed by atoms with Crippen LogP contribution in [0, 0.1) is 0 Å². The van der Waals surface area contributed by atoms with Crippen molar-refractivity contribution >= 4 is 11.8 Å². The second-order valence-electron chi connectivity index (χ2n) is 5.16. The van der Waals surface area contributed by atoms with E-state index in [1.54, 1.807) is 0 Å². The molecule has 0 aromatic carbocycles. The van der Waals surface area contributed by atoms with Crippen LogP contribution in [0.4, 0.5) is 0 Å². The van der Waals surface area contributed by atoms with Crippen molar-refractivity contribution in [2.24, 2.45) is 0 Å². The van der Waals surface area contributed by atoms with Crippen molar-refractivity contribution in [2.75, 3.05) is 12.9 Å². The highest BCUT2D eigenvalue weighted by Crippen LogP contribution is 2.46. The van der Waals surface area contributed by atoms with Crippen LogP contribution in [0.1, 0.15) is 39.5 Å². The molecule has 2 fully saturated rings. The molecule has 0 aromatic rings. The molecule has 0 bridgehead atoms. The highest BCUT2D eigenvalue weighted by atomic mass is 32.2. The van der Waals surface area contributed by atoms with E-state index in [0.29, 0.717) is 6.10 Å². The fourth-order valence-corrected chi connectivity index (χ4v) is 4.41. The Labute approximate surface area is 91.2 Å². The third kappa shape index (κ3) is 1.82. The average molecular weight is 215 g/mol.